The Morgan fingerprint density at radius 2 is 2.06 bits per heavy atom. The fourth-order valence-electron chi connectivity index (χ4n) is 1.58. The van der Waals surface area contributed by atoms with Gasteiger partial charge in [-0.05, 0) is 25.5 Å². The van der Waals surface area contributed by atoms with Gasteiger partial charge in [0.25, 0.3) is 0 Å². The van der Waals surface area contributed by atoms with Crippen molar-refractivity contribution in [3.05, 3.63) is 30.3 Å². The summed E-state index contributed by atoms with van der Waals surface area (Å²) in [4.78, 5) is 13.6. The molecule has 4 heteroatoms. The Bertz CT molecular complexity index is 341. The highest BCUT2D eigenvalue weighted by Gasteiger charge is 2.09. The van der Waals surface area contributed by atoms with E-state index in [1.807, 2.05) is 49.2 Å². The topological polar surface area (TPSA) is 52.6 Å². The van der Waals surface area contributed by atoms with Crippen LogP contribution in [0.1, 0.15) is 13.3 Å². The van der Waals surface area contributed by atoms with E-state index in [0.29, 0.717) is 13.0 Å². The van der Waals surface area contributed by atoms with E-state index in [0.717, 1.165) is 5.69 Å². The van der Waals surface area contributed by atoms with Crippen molar-refractivity contribution in [3.63, 3.8) is 0 Å². The molecule has 0 heterocycles. The van der Waals surface area contributed by atoms with E-state index < -0.39 is 0 Å². The summed E-state index contributed by atoms with van der Waals surface area (Å²) in [6.07, 6.45) is 0.584. The van der Waals surface area contributed by atoms with E-state index >= 15 is 0 Å². The number of likely N-dealkylation sites (N-methyl/N-ethyl adjacent to an activating group) is 1. The third-order valence-corrected chi connectivity index (χ3v) is 2.55. The molecule has 0 radical (unpaired) electrons. The number of aliphatic hydroxyl groups is 1. The molecule has 0 spiro atoms. The second-order valence-corrected chi connectivity index (χ2v) is 4.17. The summed E-state index contributed by atoms with van der Waals surface area (Å²) in [5.41, 5.74) is 1.01. The summed E-state index contributed by atoms with van der Waals surface area (Å²) >= 11 is 0. The Labute approximate surface area is 102 Å². The normalized spacial score (nSPS) is 11.9. The van der Waals surface area contributed by atoms with E-state index in [1.165, 1.54) is 0 Å². The third-order valence-electron chi connectivity index (χ3n) is 2.55. The molecule has 0 aliphatic rings. The number of nitrogens with zero attached hydrogens (tertiary/aromatic N) is 1. The minimum absolute atomic E-state index is 0.0108. The molecule has 4 nitrogen and oxygen atoms in total. The molecular formula is C13H20N2O2. The van der Waals surface area contributed by atoms with Crippen LogP contribution in [0.5, 0.6) is 0 Å². The first-order valence-electron chi connectivity index (χ1n) is 5.80. The van der Waals surface area contributed by atoms with Crippen LogP contribution in [0.3, 0.4) is 0 Å². The van der Waals surface area contributed by atoms with Gasteiger partial charge >= 0.3 is 0 Å². The van der Waals surface area contributed by atoms with Gasteiger partial charge in [-0.1, -0.05) is 18.2 Å². The van der Waals surface area contributed by atoms with Crippen molar-refractivity contribution in [2.45, 2.75) is 19.4 Å². The number of carbonyl (C=O) groups excluding carboxylic acids is 1. The number of rotatable bonds is 6. The van der Waals surface area contributed by atoms with Gasteiger partial charge in [0.15, 0.2) is 0 Å². The molecule has 0 bridgehead atoms. The van der Waals surface area contributed by atoms with Crippen LogP contribution in [0.15, 0.2) is 30.3 Å². The SMILES string of the molecule is CC(CCO)NC(=O)CN(C)c1ccccc1. The highest BCUT2D eigenvalue weighted by Crippen LogP contribution is 2.09. The monoisotopic (exact) mass is 236 g/mol. The predicted octanol–water partition coefficient (Wildman–Crippen LogP) is 1.01. The van der Waals surface area contributed by atoms with Crippen molar-refractivity contribution in [2.24, 2.45) is 0 Å². The first-order chi connectivity index (χ1) is 8.13. The minimum Gasteiger partial charge on any atom is -0.396 e. The summed E-state index contributed by atoms with van der Waals surface area (Å²) in [5, 5.41) is 11.6. The second-order valence-electron chi connectivity index (χ2n) is 4.17. The molecule has 1 atom stereocenters. The van der Waals surface area contributed by atoms with E-state index in [2.05, 4.69) is 5.32 Å². The molecule has 0 aliphatic carbocycles. The standard InChI is InChI=1S/C13H20N2O2/c1-11(8-9-16)14-13(17)10-15(2)12-6-4-3-5-7-12/h3-7,11,16H,8-10H2,1-2H3,(H,14,17). The van der Waals surface area contributed by atoms with E-state index in [4.69, 9.17) is 5.11 Å². The number of hydrogen-bond donors (Lipinski definition) is 2. The maximum Gasteiger partial charge on any atom is 0.239 e. The number of para-hydroxylation sites is 1. The molecule has 0 fully saturated rings. The maximum absolute atomic E-state index is 11.7. The summed E-state index contributed by atoms with van der Waals surface area (Å²) in [6.45, 7) is 2.30. The molecule has 1 rings (SSSR count). The zero-order valence-electron chi connectivity index (χ0n) is 10.4. The number of amides is 1. The lowest BCUT2D eigenvalue weighted by molar-refractivity contribution is -0.120. The van der Waals surface area contributed by atoms with Crippen LogP contribution >= 0.6 is 0 Å². The molecule has 0 saturated carbocycles. The van der Waals surface area contributed by atoms with Gasteiger partial charge in [-0.25, -0.2) is 0 Å². The van der Waals surface area contributed by atoms with Crippen LogP contribution < -0.4 is 10.2 Å². The Balaban J connectivity index is 2.41. The van der Waals surface area contributed by atoms with Crippen molar-refractivity contribution < 1.29 is 9.90 Å². The highest BCUT2D eigenvalue weighted by molar-refractivity contribution is 5.81. The van der Waals surface area contributed by atoms with Gasteiger partial charge in [0.2, 0.25) is 5.91 Å². The summed E-state index contributed by atoms with van der Waals surface area (Å²) in [6, 6.07) is 9.77. The van der Waals surface area contributed by atoms with Gasteiger partial charge in [0, 0.05) is 25.4 Å². The zero-order valence-corrected chi connectivity index (χ0v) is 10.4. The van der Waals surface area contributed by atoms with Crippen LogP contribution in [0.2, 0.25) is 0 Å². The van der Waals surface area contributed by atoms with Gasteiger partial charge in [-0.3, -0.25) is 4.79 Å². The number of carbonyl (C=O) groups is 1. The molecule has 94 valence electrons. The van der Waals surface area contributed by atoms with Crippen LogP contribution in [0, 0.1) is 0 Å². The molecule has 1 aromatic carbocycles. The minimum atomic E-state index is -0.0303. The lowest BCUT2D eigenvalue weighted by atomic mass is 10.2. The lowest BCUT2D eigenvalue weighted by Gasteiger charge is -2.20. The maximum atomic E-state index is 11.7. The number of benzene rings is 1. The Morgan fingerprint density at radius 3 is 2.65 bits per heavy atom. The average molecular weight is 236 g/mol. The largest absolute Gasteiger partial charge is 0.396 e. The summed E-state index contributed by atoms with van der Waals surface area (Å²) in [7, 11) is 1.88. The molecule has 2 N–H and O–H groups in total. The van der Waals surface area contributed by atoms with E-state index in [9.17, 15) is 4.79 Å². The van der Waals surface area contributed by atoms with Crippen molar-refractivity contribution in [3.8, 4) is 0 Å². The smallest absolute Gasteiger partial charge is 0.239 e. The fraction of sp³-hybridized carbons (Fsp3) is 0.462. The van der Waals surface area contributed by atoms with Gasteiger partial charge in [0.05, 0.1) is 6.54 Å². The number of hydrogen-bond acceptors (Lipinski definition) is 3. The lowest BCUT2D eigenvalue weighted by Crippen LogP contribution is -2.40. The van der Waals surface area contributed by atoms with Crippen LogP contribution in [0.25, 0.3) is 0 Å². The number of nitrogens with one attached hydrogen (secondary N) is 1. The summed E-state index contributed by atoms with van der Waals surface area (Å²) in [5.74, 6) is -0.0303. The quantitative estimate of drug-likeness (QED) is 0.775. The van der Waals surface area contributed by atoms with Crippen LogP contribution in [0.4, 0.5) is 5.69 Å². The van der Waals surface area contributed by atoms with Gasteiger partial charge < -0.3 is 15.3 Å². The van der Waals surface area contributed by atoms with E-state index in [-0.39, 0.29) is 18.6 Å². The molecule has 0 aromatic heterocycles. The molecule has 1 unspecified atom stereocenters. The molecule has 0 aliphatic heterocycles. The molecular weight excluding hydrogens is 216 g/mol. The number of aliphatic hydroxyl groups excluding tert-OH is 1. The molecule has 17 heavy (non-hydrogen) atoms. The van der Waals surface area contributed by atoms with Gasteiger partial charge in [-0.15, -0.1) is 0 Å². The number of anilines is 1. The first-order valence-corrected chi connectivity index (χ1v) is 5.80. The fourth-order valence-corrected chi connectivity index (χ4v) is 1.58. The van der Waals surface area contributed by atoms with E-state index in [1.54, 1.807) is 0 Å². The second kappa shape index (κ2) is 6.91. The molecule has 1 aromatic rings. The van der Waals surface area contributed by atoms with Gasteiger partial charge in [0.1, 0.15) is 0 Å². The Hall–Kier alpha value is -1.55. The zero-order chi connectivity index (χ0) is 12.7. The predicted molar refractivity (Wildman–Crippen MR) is 69.0 cm³/mol. The van der Waals surface area contributed by atoms with Crippen molar-refractivity contribution in [2.75, 3.05) is 25.1 Å². The molecule has 1 amide bonds. The highest BCUT2D eigenvalue weighted by atomic mass is 16.3. The van der Waals surface area contributed by atoms with Gasteiger partial charge in [-0.2, -0.15) is 0 Å². The Morgan fingerprint density at radius 1 is 1.41 bits per heavy atom. The Kier molecular flexibility index (Phi) is 5.49. The average Bonchev–Trinajstić information content (AvgIpc) is 2.30. The van der Waals surface area contributed by atoms with Crippen molar-refractivity contribution in [1.82, 2.24) is 5.32 Å². The molecule has 0 saturated heterocycles. The van der Waals surface area contributed by atoms with Crippen LogP contribution in [-0.2, 0) is 4.79 Å². The van der Waals surface area contributed by atoms with Crippen molar-refractivity contribution >= 4 is 11.6 Å². The third kappa shape index (κ3) is 4.87. The first kappa shape index (κ1) is 13.5. The van der Waals surface area contributed by atoms with Crippen LogP contribution in [-0.4, -0.2) is 37.3 Å². The summed E-state index contributed by atoms with van der Waals surface area (Å²) < 4.78 is 0. The van der Waals surface area contributed by atoms with Crippen molar-refractivity contribution in [1.29, 1.82) is 0 Å².